The molecule has 152 valence electrons. The highest BCUT2D eigenvalue weighted by molar-refractivity contribution is 5.56. The maximum absolute atomic E-state index is 12.3. The van der Waals surface area contributed by atoms with Crippen molar-refractivity contribution in [1.29, 1.82) is 0 Å². The van der Waals surface area contributed by atoms with Crippen molar-refractivity contribution in [3.8, 4) is 5.75 Å². The van der Waals surface area contributed by atoms with Crippen LogP contribution in [-0.4, -0.2) is 46.5 Å². The summed E-state index contributed by atoms with van der Waals surface area (Å²) in [6.07, 6.45) is 6.75. The van der Waals surface area contributed by atoms with Crippen molar-refractivity contribution in [2.45, 2.75) is 68.6 Å². The lowest BCUT2D eigenvalue weighted by Gasteiger charge is -2.65. The third-order valence-corrected chi connectivity index (χ3v) is 8.44. The minimum Gasteiger partial charge on any atom is -0.507 e. The first-order valence-corrected chi connectivity index (χ1v) is 10.7. The Morgan fingerprint density at radius 1 is 1.32 bits per heavy atom. The molecule has 1 aliphatic heterocycles. The maximum atomic E-state index is 12.3. The minimum atomic E-state index is -0.803. The number of nitrogens with two attached hydrogens (primary N) is 1. The molecule has 4 aliphatic rings. The molecule has 0 radical (unpaired) electrons. The molecule has 2 bridgehead atoms. The number of allylic oxidation sites excluding steroid dienone is 1. The number of aliphatic hydroxyl groups is 1. The van der Waals surface area contributed by atoms with Crippen molar-refractivity contribution >= 4 is 0 Å². The average molecular weight is 386 g/mol. The van der Waals surface area contributed by atoms with Crippen LogP contribution in [0.1, 0.15) is 55.2 Å². The lowest BCUT2D eigenvalue weighted by Crippen LogP contribution is -2.78. The van der Waals surface area contributed by atoms with Crippen molar-refractivity contribution in [2.24, 2.45) is 11.8 Å². The Morgan fingerprint density at radius 3 is 2.82 bits per heavy atom. The number of nitrogens with zero attached hydrogens (tertiary/aromatic N) is 1. The Bertz CT molecular complexity index is 835. The van der Waals surface area contributed by atoms with Crippen LogP contribution >= 0.6 is 0 Å². The predicted octanol–water partition coefficient (Wildman–Crippen LogP) is 2.68. The van der Waals surface area contributed by atoms with Crippen molar-refractivity contribution in [2.75, 3.05) is 20.1 Å². The summed E-state index contributed by atoms with van der Waals surface area (Å²) >= 11 is 0. The molecule has 5 heteroatoms. The largest absolute Gasteiger partial charge is 0.507 e. The third kappa shape index (κ3) is 2.40. The minimum absolute atomic E-state index is 0.174. The molecule has 2 saturated carbocycles. The molecule has 0 aromatic heterocycles. The van der Waals surface area contributed by atoms with Crippen LogP contribution in [0.4, 0.5) is 0 Å². The Labute approximate surface area is 167 Å². The van der Waals surface area contributed by atoms with Gasteiger partial charge in [-0.3, -0.25) is 4.84 Å². The van der Waals surface area contributed by atoms with Gasteiger partial charge in [0.25, 0.3) is 0 Å². The molecular weight excluding hydrogens is 352 g/mol. The summed E-state index contributed by atoms with van der Waals surface area (Å²) in [6.45, 7) is 6.69. The van der Waals surface area contributed by atoms with Crippen molar-refractivity contribution in [1.82, 2.24) is 0 Å². The van der Waals surface area contributed by atoms with Crippen molar-refractivity contribution < 1.29 is 19.5 Å². The monoisotopic (exact) mass is 385 g/mol. The number of quaternary nitrogens is 1. The van der Waals surface area contributed by atoms with E-state index in [-0.39, 0.29) is 18.4 Å². The van der Waals surface area contributed by atoms with Crippen molar-refractivity contribution in [3.63, 3.8) is 0 Å². The summed E-state index contributed by atoms with van der Waals surface area (Å²) in [6, 6.07) is 4.24. The summed E-state index contributed by atoms with van der Waals surface area (Å²) < 4.78 is 0.962. The van der Waals surface area contributed by atoms with Crippen LogP contribution in [0.3, 0.4) is 0 Å². The second kappa shape index (κ2) is 6.05. The Kier molecular flexibility index (Phi) is 4.02. The Hall–Kier alpha value is -1.40. The molecule has 3 fully saturated rings. The number of aromatic hydroxyl groups is 1. The standard InChI is InChI=1S/C23H32N2O3/c1-15-7-8-23(27)19-11-17-5-6-18(14-28-24)21(26)20(17)22(23,12-15)9-10-25(19,2)13-16-3-4-16/h5-6,16,19,27H,1,3-4,7-14,24H2,2H3/p+1/t19-,22-,23-,25?/m1/s1. The first kappa shape index (κ1) is 18.6. The number of phenolic OH excluding ortho intramolecular Hbond substituents is 1. The highest BCUT2D eigenvalue weighted by Crippen LogP contribution is 2.62. The second-order valence-corrected chi connectivity index (χ2v) is 10.2. The molecule has 5 nitrogen and oxygen atoms in total. The van der Waals surface area contributed by atoms with Gasteiger partial charge in [0.05, 0.1) is 26.7 Å². The smallest absolute Gasteiger partial charge is 0.127 e. The molecule has 1 unspecified atom stereocenters. The first-order chi connectivity index (χ1) is 13.3. The van der Waals surface area contributed by atoms with Gasteiger partial charge in [-0.1, -0.05) is 24.3 Å². The Balaban J connectivity index is 1.69. The number of phenols is 1. The first-order valence-electron chi connectivity index (χ1n) is 10.7. The molecule has 1 heterocycles. The van der Waals surface area contributed by atoms with E-state index in [9.17, 15) is 10.2 Å². The number of rotatable bonds is 4. The highest BCUT2D eigenvalue weighted by Gasteiger charge is 2.69. The third-order valence-electron chi connectivity index (χ3n) is 8.44. The molecule has 1 aromatic rings. The SMILES string of the molecule is C=C1CC[C@@]2(O)[C@H]3Cc4ccc(CON)c(O)c4[C@@]2(CC[N+]3(C)CC2CC2)C1. The fourth-order valence-electron chi connectivity index (χ4n) is 6.91. The molecule has 28 heavy (non-hydrogen) atoms. The van der Waals surface area contributed by atoms with Crippen LogP contribution in [-0.2, 0) is 23.3 Å². The van der Waals surface area contributed by atoms with Gasteiger partial charge in [0.2, 0.25) is 0 Å². The molecule has 1 aromatic carbocycles. The molecule has 0 amide bonds. The van der Waals surface area contributed by atoms with Gasteiger partial charge in [-0.2, -0.15) is 0 Å². The average Bonchev–Trinajstić information content (AvgIpc) is 3.45. The van der Waals surface area contributed by atoms with E-state index in [1.54, 1.807) is 0 Å². The zero-order chi connectivity index (χ0) is 19.7. The van der Waals surface area contributed by atoms with Crippen LogP contribution in [0.15, 0.2) is 24.3 Å². The molecule has 1 saturated heterocycles. The molecular formula is C23H33N2O3+. The number of hydrogen-bond acceptors (Lipinski definition) is 4. The van der Waals surface area contributed by atoms with E-state index in [0.29, 0.717) is 5.56 Å². The van der Waals surface area contributed by atoms with E-state index in [4.69, 9.17) is 10.7 Å². The van der Waals surface area contributed by atoms with E-state index in [0.717, 1.165) is 54.6 Å². The van der Waals surface area contributed by atoms with Crippen LogP contribution in [0.2, 0.25) is 0 Å². The normalized spacial score (nSPS) is 39.4. The Morgan fingerprint density at radius 2 is 2.11 bits per heavy atom. The van der Waals surface area contributed by atoms with Crippen LogP contribution in [0.25, 0.3) is 0 Å². The summed E-state index contributed by atoms with van der Waals surface area (Å²) in [7, 11) is 2.36. The predicted molar refractivity (Wildman–Crippen MR) is 107 cm³/mol. The van der Waals surface area contributed by atoms with Crippen LogP contribution in [0.5, 0.6) is 5.75 Å². The topological polar surface area (TPSA) is 75.7 Å². The van der Waals surface area contributed by atoms with Gasteiger partial charge in [-0.25, -0.2) is 5.90 Å². The molecule has 5 rings (SSSR count). The number of fused-ring (bicyclic) bond motifs is 1. The second-order valence-electron chi connectivity index (χ2n) is 10.2. The van der Waals surface area contributed by atoms with Gasteiger partial charge in [-0.05, 0) is 37.7 Å². The number of piperidine rings is 1. The van der Waals surface area contributed by atoms with E-state index in [1.165, 1.54) is 30.5 Å². The number of benzene rings is 1. The number of likely N-dealkylation sites (N-methyl/N-ethyl adjacent to an activating group) is 1. The molecule has 3 aliphatic carbocycles. The fourth-order valence-corrected chi connectivity index (χ4v) is 6.91. The quantitative estimate of drug-likeness (QED) is 0.423. The summed E-state index contributed by atoms with van der Waals surface area (Å²) in [5.41, 5.74) is 2.77. The molecule has 4 atom stereocenters. The molecule has 0 spiro atoms. The molecule has 4 N–H and O–H groups in total. The highest BCUT2D eigenvalue weighted by atomic mass is 16.6. The summed E-state index contributed by atoms with van der Waals surface area (Å²) in [5, 5.41) is 23.5. The van der Waals surface area contributed by atoms with Crippen LogP contribution < -0.4 is 5.90 Å². The van der Waals surface area contributed by atoms with Crippen LogP contribution in [0, 0.1) is 5.92 Å². The zero-order valence-electron chi connectivity index (χ0n) is 16.9. The summed E-state index contributed by atoms with van der Waals surface area (Å²) in [4.78, 5) is 4.82. The van der Waals surface area contributed by atoms with E-state index < -0.39 is 11.0 Å². The number of likely N-dealkylation sites (tertiary alicyclic amines) is 1. The maximum Gasteiger partial charge on any atom is 0.127 e. The lowest BCUT2D eigenvalue weighted by atomic mass is 9.48. The van der Waals surface area contributed by atoms with Gasteiger partial charge in [0.15, 0.2) is 0 Å². The van der Waals surface area contributed by atoms with E-state index in [2.05, 4.69) is 19.7 Å². The lowest BCUT2D eigenvalue weighted by molar-refractivity contribution is -0.950. The van der Waals surface area contributed by atoms with Gasteiger partial charge in [0.1, 0.15) is 17.4 Å². The zero-order valence-corrected chi connectivity index (χ0v) is 16.9. The van der Waals surface area contributed by atoms with Gasteiger partial charge in [-0.15, -0.1) is 0 Å². The van der Waals surface area contributed by atoms with Gasteiger partial charge >= 0.3 is 0 Å². The van der Waals surface area contributed by atoms with Gasteiger partial charge < -0.3 is 14.7 Å². The fraction of sp³-hybridized carbons (Fsp3) is 0.652. The van der Waals surface area contributed by atoms with Crippen molar-refractivity contribution in [3.05, 3.63) is 41.0 Å². The summed E-state index contributed by atoms with van der Waals surface area (Å²) in [5.74, 6) is 6.38. The number of hydrogen-bond donors (Lipinski definition) is 3. The van der Waals surface area contributed by atoms with E-state index in [1.807, 2.05) is 6.07 Å². The van der Waals surface area contributed by atoms with E-state index >= 15 is 0 Å². The van der Waals surface area contributed by atoms with Gasteiger partial charge in [0, 0.05) is 35.3 Å².